The summed E-state index contributed by atoms with van der Waals surface area (Å²) in [7, 11) is 0. The van der Waals surface area contributed by atoms with E-state index in [9.17, 15) is 4.79 Å². The molecule has 0 bridgehead atoms. The zero-order valence-corrected chi connectivity index (χ0v) is 14.2. The minimum absolute atomic E-state index is 0.122. The number of benzene rings is 3. The number of para-hydroxylation sites is 2. The Morgan fingerprint density at radius 1 is 0.840 bits per heavy atom. The molecule has 3 rings (SSSR count). The van der Waals surface area contributed by atoms with Crippen LogP contribution >= 0.6 is 11.6 Å². The van der Waals surface area contributed by atoms with Crippen LogP contribution in [0.25, 0.3) is 0 Å². The van der Waals surface area contributed by atoms with Crippen molar-refractivity contribution in [1.82, 2.24) is 0 Å². The van der Waals surface area contributed by atoms with Crippen molar-refractivity contribution >= 4 is 28.9 Å². The molecule has 0 spiro atoms. The van der Waals surface area contributed by atoms with E-state index >= 15 is 0 Å². The monoisotopic (exact) mass is 352 g/mol. The summed E-state index contributed by atoms with van der Waals surface area (Å²) < 4.78 is 5.72. The van der Waals surface area contributed by atoms with Gasteiger partial charge in [0, 0.05) is 11.4 Å². The smallest absolute Gasteiger partial charge is 0.243 e. The molecule has 0 heterocycles. The number of hydrogen-bond acceptors (Lipinski definition) is 3. The minimum Gasteiger partial charge on any atom is -0.456 e. The summed E-state index contributed by atoms with van der Waals surface area (Å²) in [4.78, 5) is 12.0. The first-order valence-electron chi connectivity index (χ1n) is 7.82. The van der Waals surface area contributed by atoms with Crippen molar-refractivity contribution in [3.8, 4) is 11.5 Å². The van der Waals surface area contributed by atoms with Gasteiger partial charge in [-0.3, -0.25) is 4.79 Å². The second kappa shape index (κ2) is 8.22. The fourth-order valence-corrected chi connectivity index (χ4v) is 2.38. The van der Waals surface area contributed by atoms with Gasteiger partial charge in [-0.05, 0) is 48.5 Å². The predicted octanol–water partition coefficient (Wildman–Crippen LogP) is 5.18. The van der Waals surface area contributed by atoms with Crippen LogP contribution in [-0.4, -0.2) is 12.5 Å². The second-order valence-corrected chi connectivity index (χ2v) is 5.73. The van der Waals surface area contributed by atoms with E-state index in [-0.39, 0.29) is 12.5 Å². The lowest BCUT2D eigenvalue weighted by atomic mass is 10.3. The van der Waals surface area contributed by atoms with E-state index in [1.165, 1.54) is 0 Å². The topological polar surface area (TPSA) is 50.4 Å². The van der Waals surface area contributed by atoms with Gasteiger partial charge in [-0.1, -0.05) is 41.9 Å². The van der Waals surface area contributed by atoms with Crippen molar-refractivity contribution in [3.63, 3.8) is 0 Å². The highest BCUT2D eigenvalue weighted by Gasteiger charge is 2.04. The molecule has 2 N–H and O–H groups in total. The molecule has 0 fully saturated rings. The highest BCUT2D eigenvalue weighted by atomic mass is 35.5. The van der Waals surface area contributed by atoms with E-state index < -0.39 is 0 Å². The van der Waals surface area contributed by atoms with Gasteiger partial charge in [0.05, 0.1) is 11.6 Å². The number of rotatable bonds is 6. The van der Waals surface area contributed by atoms with Gasteiger partial charge in [0.2, 0.25) is 5.91 Å². The molecular formula is C20H17ClN2O2. The molecule has 3 aromatic carbocycles. The SMILES string of the molecule is O=C(CNc1ccccc1)Nc1ccc(Oc2ccccc2Cl)cc1. The van der Waals surface area contributed by atoms with Gasteiger partial charge >= 0.3 is 0 Å². The van der Waals surface area contributed by atoms with E-state index in [0.717, 1.165) is 5.69 Å². The fourth-order valence-electron chi connectivity index (χ4n) is 2.20. The molecule has 4 nitrogen and oxygen atoms in total. The lowest BCUT2D eigenvalue weighted by molar-refractivity contribution is -0.114. The van der Waals surface area contributed by atoms with Crippen molar-refractivity contribution in [2.45, 2.75) is 0 Å². The second-order valence-electron chi connectivity index (χ2n) is 5.32. The average Bonchev–Trinajstić information content (AvgIpc) is 2.64. The van der Waals surface area contributed by atoms with Gasteiger partial charge in [0.1, 0.15) is 11.5 Å². The normalized spacial score (nSPS) is 10.1. The molecule has 0 aliphatic carbocycles. The van der Waals surface area contributed by atoms with E-state index in [2.05, 4.69) is 10.6 Å². The lowest BCUT2D eigenvalue weighted by Crippen LogP contribution is -2.21. The van der Waals surface area contributed by atoms with Gasteiger partial charge in [0.25, 0.3) is 0 Å². The first-order chi connectivity index (χ1) is 12.2. The van der Waals surface area contributed by atoms with Gasteiger partial charge in [0.15, 0.2) is 0 Å². The molecule has 0 radical (unpaired) electrons. The molecule has 5 heteroatoms. The standard InChI is InChI=1S/C20H17ClN2O2/c21-18-8-4-5-9-19(18)25-17-12-10-16(11-13-17)23-20(24)14-22-15-6-2-1-3-7-15/h1-13,22H,14H2,(H,23,24). The molecule has 0 aliphatic rings. The van der Waals surface area contributed by atoms with Crippen LogP contribution in [0.3, 0.4) is 0 Å². The van der Waals surface area contributed by atoms with Crippen molar-refractivity contribution in [1.29, 1.82) is 0 Å². The Hall–Kier alpha value is -2.98. The Morgan fingerprint density at radius 3 is 2.24 bits per heavy atom. The Bertz CT molecular complexity index is 836. The molecule has 0 atom stereocenters. The summed E-state index contributed by atoms with van der Waals surface area (Å²) in [6.07, 6.45) is 0. The third-order valence-electron chi connectivity index (χ3n) is 3.43. The highest BCUT2D eigenvalue weighted by molar-refractivity contribution is 6.32. The zero-order chi connectivity index (χ0) is 17.5. The maximum Gasteiger partial charge on any atom is 0.243 e. The number of ether oxygens (including phenoxy) is 1. The molecule has 0 unspecified atom stereocenters. The van der Waals surface area contributed by atoms with E-state index in [1.54, 1.807) is 36.4 Å². The van der Waals surface area contributed by atoms with Crippen LogP contribution in [0.4, 0.5) is 11.4 Å². The van der Waals surface area contributed by atoms with Crippen molar-refractivity contribution in [2.75, 3.05) is 17.2 Å². The van der Waals surface area contributed by atoms with Crippen LogP contribution < -0.4 is 15.4 Å². The first kappa shape index (κ1) is 16.9. The fraction of sp³-hybridized carbons (Fsp3) is 0.0500. The van der Waals surface area contributed by atoms with Crippen LogP contribution in [-0.2, 0) is 4.79 Å². The number of halogens is 1. The summed E-state index contributed by atoms with van der Waals surface area (Å²) in [5, 5.41) is 6.44. The Balaban J connectivity index is 1.53. The number of hydrogen-bond donors (Lipinski definition) is 2. The summed E-state index contributed by atoms with van der Waals surface area (Å²) >= 11 is 6.07. The third kappa shape index (κ3) is 4.99. The molecule has 1 amide bonds. The van der Waals surface area contributed by atoms with Crippen LogP contribution in [0.15, 0.2) is 78.9 Å². The quantitative estimate of drug-likeness (QED) is 0.642. The summed E-state index contributed by atoms with van der Waals surface area (Å²) in [5.41, 5.74) is 1.60. The Morgan fingerprint density at radius 2 is 1.52 bits per heavy atom. The Kier molecular flexibility index (Phi) is 5.54. The summed E-state index contributed by atoms with van der Waals surface area (Å²) in [6, 6.07) is 24.0. The molecule has 0 saturated heterocycles. The van der Waals surface area contributed by atoms with Gasteiger partial charge in [-0.25, -0.2) is 0 Å². The lowest BCUT2D eigenvalue weighted by Gasteiger charge is -2.10. The van der Waals surface area contributed by atoms with Gasteiger partial charge in [-0.15, -0.1) is 0 Å². The minimum atomic E-state index is -0.122. The van der Waals surface area contributed by atoms with E-state index in [1.807, 2.05) is 42.5 Å². The van der Waals surface area contributed by atoms with Gasteiger partial charge < -0.3 is 15.4 Å². The van der Waals surface area contributed by atoms with Crippen molar-refractivity contribution < 1.29 is 9.53 Å². The summed E-state index contributed by atoms with van der Waals surface area (Å²) in [5.74, 6) is 1.12. The van der Waals surface area contributed by atoms with Crippen LogP contribution in [0.1, 0.15) is 0 Å². The molecular weight excluding hydrogens is 336 g/mol. The highest BCUT2D eigenvalue weighted by Crippen LogP contribution is 2.29. The molecule has 126 valence electrons. The van der Waals surface area contributed by atoms with E-state index in [0.29, 0.717) is 22.2 Å². The van der Waals surface area contributed by atoms with Crippen LogP contribution in [0, 0.1) is 0 Å². The maximum absolute atomic E-state index is 12.0. The number of amides is 1. The van der Waals surface area contributed by atoms with E-state index in [4.69, 9.17) is 16.3 Å². The predicted molar refractivity (Wildman–Crippen MR) is 102 cm³/mol. The number of carbonyl (C=O) groups excluding carboxylic acids is 1. The zero-order valence-electron chi connectivity index (χ0n) is 13.4. The number of nitrogens with one attached hydrogen (secondary N) is 2. The van der Waals surface area contributed by atoms with Crippen molar-refractivity contribution in [2.24, 2.45) is 0 Å². The molecule has 0 saturated carbocycles. The molecule has 3 aromatic rings. The van der Waals surface area contributed by atoms with Crippen molar-refractivity contribution in [3.05, 3.63) is 83.9 Å². The Labute approximate surface area is 151 Å². The number of anilines is 2. The number of carbonyl (C=O) groups is 1. The molecule has 25 heavy (non-hydrogen) atoms. The molecule has 0 aromatic heterocycles. The van der Waals surface area contributed by atoms with Crippen LogP contribution in [0.2, 0.25) is 5.02 Å². The largest absolute Gasteiger partial charge is 0.456 e. The maximum atomic E-state index is 12.0. The summed E-state index contributed by atoms with van der Waals surface area (Å²) in [6.45, 7) is 0.196. The van der Waals surface area contributed by atoms with Crippen LogP contribution in [0.5, 0.6) is 11.5 Å². The first-order valence-corrected chi connectivity index (χ1v) is 8.20. The molecule has 0 aliphatic heterocycles. The van der Waals surface area contributed by atoms with Gasteiger partial charge in [-0.2, -0.15) is 0 Å². The average molecular weight is 353 g/mol. The third-order valence-corrected chi connectivity index (χ3v) is 3.74.